The zero-order valence-corrected chi connectivity index (χ0v) is 27.3. The number of nitrogens with one attached hydrogen (secondary N) is 2. The number of hydrogen-bond acceptors (Lipinski definition) is 7. The second-order valence-electron chi connectivity index (χ2n) is 13.2. The Hall–Kier alpha value is -2.33. The maximum atomic E-state index is 13.4. The van der Waals surface area contributed by atoms with Crippen molar-refractivity contribution >= 4 is 33.2 Å². The van der Waals surface area contributed by atoms with Crippen molar-refractivity contribution in [1.82, 2.24) is 10.0 Å². The van der Waals surface area contributed by atoms with Gasteiger partial charge in [0, 0.05) is 29.7 Å². The molecule has 8 nitrogen and oxygen atoms in total. The molecule has 0 spiro atoms. The van der Waals surface area contributed by atoms with Crippen molar-refractivity contribution in [3.8, 4) is 5.75 Å². The van der Waals surface area contributed by atoms with Crippen molar-refractivity contribution in [2.45, 2.75) is 89.2 Å². The number of anilines is 1. The SMILES string of the molecule is CN[C@@H]1C[C@H](C)[C@@H](C)S(=O)(=O)NC(=O)c2ccc3c(c2)N(CCCCc2cc(Cl)ccc2CO3)C[C@@H]2CC[C@H]2[C@@](C)(O)C1. The van der Waals surface area contributed by atoms with Gasteiger partial charge in [0.15, 0.2) is 0 Å². The molecule has 43 heavy (non-hydrogen) atoms. The third-order valence-corrected chi connectivity index (χ3v) is 12.3. The van der Waals surface area contributed by atoms with Crippen molar-refractivity contribution in [1.29, 1.82) is 0 Å². The highest BCUT2D eigenvalue weighted by Crippen LogP contribution is 2.46. The number of rotatable bonds is 1. The van der Waals surface area contributed by atoms with E-state index in [0.29, 0.717) is 30.2 Å². The van der Waals surface area contributed by atoms with Crippen LogP contribution in [-0.4, -0.2) is 56.5 Å². The Morgan fingerprint density at radius 2 is 1.91 bits per heavy atom. The van der Waals surface area contributed by atoms with E-state index in [4.69, 9.17) is 16.3 Å². The third kappa shape index (κ3) is 7.16. The van der Waals surface area contributed by atoms with Gasteiger partial charge < -0.3 is 20.1 Å². The van der Waals surface area contributed by atoms with E-state index in [2.05, 4.69) is 14.9 Å². The number of ether oxygens (including phenoxy) is 1. The summed E-state index contributed by atoms with van der Waals surface area (Å²) in [6, 6.07) is 11.0. The van der Waals surface area contributed by atoms with Gasteiger partial charge in [0.25, 0.3) is 5.91 Å². The van der Waals surface area contributed by atoms with E-state index in [0.717, 1.165) is 56.4 Å². The molecule has 0 aromatic heterocycles. The number of benzene rings is 2. The van der Waals surface area contributed by atoms with E-state index in [1.165, 1.54) is 5.56 Å². The highest BCUT2D eigenvalue weighted by Gasteiger charge is 2.45. The fraction of sp³-hybridized carbons (Fsp3) is 0.606. The molecule has 1 aliphatic carbocycles. The lowest BCUT2D eigenvalue weighted by molar-refractivity contribution is -0.0789. The van der Waals surface area contributed by atoms with Crippen LogP contribution in [0.2, 0.25) is 5.02 Å². The van der Waals surface area contributed by atoms with Crippen molar-refractivity contribution in [3.05, 3.63) is 58.1 Å². The molecule has 6 atom stereocenters. The molecule has 236 valence electrons. The fourth-order valence-corrected chi connectivity index (χ4v) is 8.63. The quantitative estimate of drug-likeness (QED) is 0.392. The Morgan fingerprint density at radius 1 is 1.12 bits per heavy atom. The molecule has 2 heterocycles. The van der Waals surface area contributed by atoms with Crippen LogP contribution in [0, 0.1) is 17.8 Å². The number of carbonyl (C=O) groups is 1. The molecule has 0 saturated heterocycles. The van der Waals surface area contributed by atoms with Gasteiger partial charge in [0.2, 0.25) is 10.0 Å². The van der Waals surface area contributed by atoms with Gasteiger partial charge in [0.05, 0.1) is 16.5 Å². The van der Waals surface area contributed by atoms with Crippen LogP contribution in [0.3, 0.4) is 0 Å². The molecule has 2 aliphatic heterocycles. The second-order valence-corrected chi connectivity index (χ2v) is 15.6. The first-order valence-electron chi connectivity index (χ1n) is 15.6. The van der Waals surface area contributed by atoms with Crippen LogP contribution < -0.4 is 19.7 Å². The molecular weight excluding hydrogens is 586 g/mol. The van der Waals surface area contributed by atoms with Crippen LogP contribution in [0.1, 0.15) is 80.8 Å². The van der Waals surface area contributed by atoms with E-state index in [9.17, 15) is 18.3 Å². The van der Waals surface area contributed by atoms with Gasteiger partial charge in [-0.05, 0) is 125 Å². The Labute approximate surface area is 261 Å². The summed E-state index contributed by atoms with van der Waals surface area (Å²) in [5.74, 6) is 0.162. The van der Waals surface area contributed by atoms with Gasteiger partial charge in [0.1, 0.15) is 12.4 Å². The third-order valence-electron chi connectivity index (χ3n) is 10.2. The van der Waals surface area contributed by atoms with Crippen molar-refractivity contribution in [2.24, 2.45) is 17.8 Å². The zero-order valence-electron chi connectivity index (χ0n) is 25.7. The topological polar surface area (TPSA) is 108 Å². The van der Waals surface area contributed by atoms with Gasteiger partial charge in [-0.3, -0.25) is 4.79 Å². The Balaban J connectivity index is 1.55. The monoisotopic (exact) mass is 631 g/mol. The molecule has 1 fully saturated rings. The molecule has 0 radical (unpaired) electrons. The Morgan fingerprint density at radius 3 is 2.63 bits per heavy atom. The molecule has 2 aromatic carbocycles. The van der Waals surface area contributed by atoms with Crippen LogP contribution in [0.25, 0.3) is 0 Å². The van der Waals surface area contributed by atoms with Crippen LogP contribution in [-0.2, 0) is 23.1 Å². The Bertz CT molecular complexity index is 1430. The van der Waals surface area contributed by atoms with Gasteiger partial charge in [-0.1, -0.05) is 24.6 Å². The highest BCUT2D eigenvalue weighted by molar-refractivity contribution is 7.90. The van der Waals surface area contributed by atoms with Crippen LogP contribution in [0.4, 0.5) is 5.69 Å². The lowest BCUT2D eigenvalue weighted by Gasteiger charge is -2.49. The number of halogens is 1. The molecular formula is C33H46ClN3O5S. The van der Waals surface area contributed by atoms with Gasteiger partial charge >= 0.3 is 0 Å². The van der Waals surface area contributed by atoms with Crippen molar-refractivity contribution < 1.29 is 23.1 Å². The molecule has 10 heteroatoms. The average molecular weight is 632 g/mol. The van der Waals surface area contributed by atoms with Crippen LogP contribution in [0.15, 0.2) is 36.4 Å². The number of aryl methyl sites for hydroxylation is 1. The van der Waals surface area contributed by atoms with E-state index < -0.39 is 26.8 Å². The van der Waals surface area contributed by atoms with Crippen molar-refractivity contribution in [2.75, 3.05) is 25.0 Å². The number of fused-ring (bicyclic) bond motifs is 3. The van der Waals surface area contributed by atoms with E-state index in [1.54, 1.807) is 25.1 Å². The number of aliphatic hydroxyl groups is 1. The van der Waals surface area contributed by atoms with Crippen LogP contribution in [0.5, 0.6) is 5.75 Å². The lowest BCUT2D eigenvalue weighted by atomic mass is 9.63. The standard InChI is InChI=1S/C33H46ClN3O5S/c1-21-15-28(35-4)18-33(3,39)29-12-9-25(29)19-37-14-6-5-7-23-16-27(34)11-8-26(23)20-42-31-13-10-24(17-30(31)37)32(38)36-43(40,41)22(21)2/h8,10-11,13,16-17,21-22,25,28-29,35,39H,5-7,9,12,14-15,18-20H2,1-4H3,(H,36,38)/t21-,22+,25-,28+,29+,33-/m0/s1. The maximum Gasteiger partial charge on any atom is 0.264 e. The van der Waals surface area contributed by atoms with E-state index in [-0.39, 0.29) is 29.4 Å². The Kier molecular flexibility index (Phi) is 9.66. The number of hydrogen-bond donors (Lipinski definition) is 3. The number of nitrogens with zero attached hydrogens (tertiary/aromatic N) is 1. The number of amides is 1. The highest BCUT2D eigenvalue weighted by atomic mass is 35.5. The zero-order chi connectivity index (χ0) is 30.9. The summed E-state index contributed by atoms with van der Waals surface area (Å²) >= 11 is 6.32. The second kappa shape index (κ2) is 13.0. The summed E-state index contributed by atoms with van der Waals surface area (Å²) in [6.07, 6.45) is 5.83. The molecule has 1 saturated carbocycles. The summed E-state index contributed by atoms with van der Waals surface area (Å²) in [4.78, 5) is 15.7. The molecule has 0 unspecified atom stereocenters. The van der Waals surface area contributed by atoms with E-state index in [1.807, 2.05) is 39.1 Å². The van der Waals surface area contributed by atoms with Crippen molar-refractivity contribution in [3.63, 3.8) is 0 Å². The molecule has 1 amide bonds. The smallest absolute Gasteiger partial charge is 0.264 e. The van der Waals surface area contributed by atoms with Crippen LogP contribution >= 0.6 is 11.6 Å². The maximum absolute atomic E-state index is 13.4. The first-order valence-corrected chi connectivity index (χ1v) is 17.5. The van der Waals surface area contributed by atoms with E-state index >= 15 is 0 Å². The predicted octanol–water partition coefficient (Wildman–Crippen LogP) is 5.30. The molecule has 2 aromatic rings. The summed E-state index contributed by atoms with van der Waals surface area (Å²) in [6.45, 7) is 7.30. The van der Waals surface area contributed by atoms with Gasteiger partial charge in [-0.25, -0.2) is 13.1 Å². The molecule has 3 N–H and O–H groups in total. The summed E-state index contributed by atoms with van der Waals surface area (Å²) in [5.41, 5.74) is 2.39. The summed E-state index contributed by atoms with van der Waals surface area (Å²) < 4.78 is 35.5. The largest absolute Gasteiger partial charge is 0.487 e. The minimum Gasteiger partial charge on any atom is -0.487 e. The summed E-state index contributed by atoms with van der Waals surface area (Å²) in [7, 11) is -2.09. The molecule has 2 bridgehead atoms. The summed E-state index contributed by atoms with van der Waals surface area (Å²) in [5, 5.41) is 15.0. The normalized spacial score (nSPS) is 31.7. The van der Waals surface area contributed by atoms with Gasteiger partial charge in [-0.2, -0.15) is 0 Å². The minimum absolute atomic E-state index is 0.0620. The fourth-order valence-electron chi connectivity index (χ4n) is 7.15. The predicted molar refractivity (Wildman–Crippen MR) is 171 cm³/mol. The van der Waals surface area contributed by atoms with Gasteiger partial charge in [-0.15, -0.1) is 0 Å². The first-order chi connectivity index (χ1) is 20.4. The first kappa shape index (κ1) is 32.1. The lowest BCUT2D eigenvalue weighted by Crippen LogP contribution is -2.52. The number of sulfonamides is 1. The number of carbonyl (C=O) groups excluding carboxylic acids is 1. The molecule has 3 aliphatic rings. The minimum atomic E-state index is -3.95. The molecule has 5 rings (SSSR count). The average Bonchev–Trinajstić information content (AvgIpc) is 2.96.